The van der Waals surface area contributed by atoms with Crippen LogP contribution in [0.15, 0.2) is 24.3 Å². The zero-order chi connectivity index (χ0) is 19.7. The van der Waals surface area contributed by atoms with Crippen LogP contribution >= 0.6 is 0 Å². The van der Waals surface area contributed by atoms with Gasteiger partial charge in [0.25, 0.3) is 0 Å². The monoisotopic (exact) mass is 376 g/mol. The van der Waals surface area contributed by atoms with Crippen molar-refractivity contribution in [3.05, 3.63) is 24.3 Å². The third kappa shape index (κ3) is 4.46. The Morgan fingerprint density at radius 2 is 1.81 bits per heavy atom. The van der Waals surface area contributed by atoms with E-state index in [0.717, 1.165) is 18.6 Å². The number of nitrogens with zero attached hydrogens (tertiary/aromatic N) is 2. The smallest absolute Gasteiger partial charge is 0.465 e. The summed E-state index contributed by atoms with van der Waals surface area (Å²) in [5.41, 5.74) is 0.583. The number of benzene rings is 1. The Balaban J connectivity index is 1.73. The molecule has 2 aliphatic rings. The lowest BCUT2D eigenvalue weighted by Crippen LogP contribution is -2.43. The van der Waals surface area contributed by atoms with E-state index in [4.69, 9.17) is 14.0 Å². The average molecular weight is 376 g/mol. The Labute approximate surface area is 161 Å². The third-order valence-corrected chi connectivity index (χ3v) is 5.68. The van der Waals surface area contributed by atoms with Gasteiger partial charge in [-0.2, -0.15) is 0 Å². The second kappa shape index (κ2) is 7.79. The Morgan fingerprint density at radius 3 is 2.41 bits per heavy atom. The summed E-state index contributed by atoms with van der Waals surface area (Å²) >= 11 is 0. The van der Waals surface area contributed by atoms with E-state index in [2.05, 4.69) is 4.90 Å². The fraction of sp³-hybridized carbons (Fsp3) is 0.632. The number of morpholine rings is 1. The molecule has 0 bridgehead atoms. The first-order valence-electron chi connectivity index (χ1n) is 9.46. The number of hydrogen-bond donors (Lipinski definition) is 1. The lowest BCUT2D eigenvalue weighted by Gasteiger charge is -2.32. The van der Waals surface area contributed by atoms with E-state index in [9.17, 15) is 9.90 Å². The van der Waals surface area contributed by atoms with Crippen molar-refractivity contribution in [3.8, 4) is 0 Å². The third-order valence-electron chi connectivity index (χ3n) is 5.68. The van der Waals surface area contributed by atoms with Crippen LogP contribution in [-0.4, -0.2) is 73.8 Å². The molecule has 2 saturated heterocycles. The molecule has 2 heterocycles. The van der Waals surface area contributed by atoms with Crippen LogP contribution in [0.1, 0.15) is 27.7 Å². The van der Waals surface area contributed by atoms with Gasteiger partial charge >= 0.3 is 13.2 Å². The highest BCUT2D eigenvalue weighted by molar-refractivity contribution is 6.62. The van der Waals surface area contributed by atoms with E-state index in [0.29, 0.717) is 32.0 Å². The highest BCUT2D eigenvalue weighted by Gasteiger charge is 2.51. The molecule has 3 rings (SSSR count). The van der Waals surface area contributed by atoms with E-state index in [1.165, 1.54) is 4.90 Å². The van der Waals surface area contributed by atoms with Gasteiger partial charge < -0.3 is 19.2 Å². The van der Waals surface area contributed by atoms with Crippen molar-refractivity contribution in [3.63, 3.8) is 0 Å². The fourth-order valence-electron chi connectivity index (χ4n) is 3.22. The van der Waals surface area contributed by atoms with Crippen molar-refractivity contribution < 1.29 is 23.9 Å². The molecule has 27 heavy (non-hydrogen) atoms. The first kappa shape index (κ1) is 20.1. The summed E-state index contributed by atoms with van der Waals surface area (Å²) in [4.78, 5) is 15.4. The Kier molecular flexibility index (Phi) is 5.81. The van der Waals surface area contributed by atoms with Crippen LogP contribution in [0.25, 0.3) is 0 Å². The molecule has 0 radical (unpaired) electrons. The molecule has 8 heteroatoms. The minimum atomic E-state index is -0.964. The normalized spacial score (nSPS) is 22.0. The number of ether oxygens (including phenoxy) is 1. The van der Waals surface area contributed by atoms with Gasteiger partial charge in [-0.05, 0) is 45.3 Å². The minimum Gasteiger partial charge on any atom is -0.465 e. The summed E-state index contributed by atoms with van der Waals surface area (Å²) in [6, 6.07) is 7.41. The highest BCUT2D eigenvalue weighted by Crippen LogP contribution is 2.36. The van der Waals surface area contributed by atoms with Gasteiger partial charge in [0.2, 0.25) is 0 Å². The summed E-state index contributed by atoms with van der Waals surface area (Å²) in [6.07, 6.45) is -0.964. The standard InChI is InChI=1S/C19H29BN2O5/c1-18(2)19(3,4)27-20(26-18)15-6-5-7-16(14-15)22(17(23)24)9-8-21-10-12-25-13-11-21/h5-7,14H,8-13H2,1-4H3,(H,23,24). The van der Waals surface area contributed by atoms with Crippen molar-refractivity contribution in [2.75, 3.05) is 44.3 Å². The van der Waals surface area contributed by atoms with Crippen LogP contribution in [0, 0.1) is 0 Å². The van der Waals surface area contributed by atoms with Crippen molar-refractivity contribution in [1.29, 1.82) is 0 Å². The van der Waals surface area contributed by atoms with Gasteiger partial charge in [0.1, 0.15) is 0 Å². The lowest BCUT2D eigenvalue weighted by atomic mass is 9.79. The Bertz CT molecular complexity index is 660. The van der Waals surface area contributed by atoms with Crippen LogP contribution in [0.5, 0.6) is 0 Å². The molecule has 0 spiro atoms. The average Bonchev–Trinajstić information content (AvgIpc) is 2.84. The van der Waals surface area contributed by atoms with Gasteiger partial charge in [0.15, 0.2) is 0 Å². The first-order valence-corrected chi connectivity index (χ1v) is 9.46. The minimum absolute atomic E-state index is 0.405. The molecule has 1 amide bonds. The molecule has 0 atom stereocenters. The summed E-state index contributed by atoms with van der Waals surface area (Å²) in [5, 5.41) is 9.70. The predicted octanol–water partition coefficient (Wildman–Crippen LogP) is 1.80. The van der Waals surface area contributed by atoms with Crippen molar-refractivity contribution in [2.45, 2.75) is 38.9 Å². The maximum absolute atomic E-state index is 11.8. The van der Waals surface area contributed by atoms with E-state index >= 15 is 0 Å². The summed E-state index contributed by atoms with van der Waals surface area (Å²) < 4.78 is 17.5. The largest absolute Gasteiger partial charge is 0.494 e. The van der Waals surface area contributed by atoms with Crippen molar-refractivity contribution >= 4 is 24.4 Å². The van der Waals surface area contributed by atoms with Gasteiger partial charge in [0, 0.05) is 31.9 Å². The number of anilines is 1. The van der Waals surface area contributed by atoms with E-state index in [-0.39, 0.29) is 0 Å². The SMILES string of the molecule is CC1(C)OB(c2cccc(N(CCN3CCOCC3)C(=O)O)c2)OC1(C)C. The molecule has 2 fully saturated rings. The molecule has 148 valence electrons. The van der Waals surface area contributed by atoms with Crippen LogP contribution in [-0.2, 0) is 14.0 Å². The zero-order valence-electron chi connectivity index (χ0n) is 16.6. The molecule has 1 aromatic rings. The van der Waals surface area contributed by atoms with E-state index in [1.807, 2.05) is 52.0 Å². The Morgan fingerprint density at radius 1 is 1.19 bits per heavy atom. The zero-order valence-corrected chi connectivity index (χ0v) is 16.6. The maximum atomic E-state index is 11.8. The van der Waals surface area contributed by atoms with Crippen LogP contribution in [0.4, 0.5) is 10.5 Å². The van der Waals surface area contributed by atoms with Gasteiger partial charge in [-0.15, -0.1) is 0 Å². The number of amides is 1. The molecule has 2 aliphatic heterocycles. The fourth-order valence-corrected chi connectivity index (χ4v) is 3.22. The number of carbonyl (C=O) groups is 1. The summed E-state index contributed by atoms with van der Waals surface area (Å²) in [7, 11) is -0.509. The summed E-state index contributed by atoms with van der Waals surface area (Å²) in [6.45, 7) is 12.2. The van der Waals surface area contributed by atoms with E-state index < -0.39 is 24.4 Å². The van der Waals surface area contributed by atoms with Crippen LogP contribution in [0.2, 0.25) is 0 Å². The number of rotatable bonds is 5. The molecule has 0 unspecified atom stereocenters. The second-order valence-electron chi connectivity index (χ2n) is 8.07. The van der Waals surface area contributed by atoms with Crippen molar-refractivity contribution in [1.82, 2.24) is 4.90 Å². The molecule has 0 saturated carbocycles. The molecular weight excluding hydrogens is 347 g/mol. The van der Waals surface area contributed by atoms with Gasteiger partial charge in [-0.1, -0.05) is 12.1 Å². The molecule has 0 aliphatic carbocycles. The quantitative estimate of drug-likeness (QED) is 0.791. The first-order chi connectivity index (χ1) is 12.7. The summed E-state index contributed by atoms with van der Waals surface area (Å²) in [5.74, 6) is 0. The number of hydrogen-bond acceptors (Lipinski definition) is 5. The molecule has 1 aromatic carbocycles. The highest BCUT2D eigenvalue weighted by atomic mass is 16.7. The molecule has 0 aromatic heterocycles. The van der Waals surface area contributed by atoms with Crippen LogP contribution < -0.4 is 10.4 Å². The van der Waals surface area contributed by atoms with Gasteiger partial charge in [0.05, 0.1) is 24.4 Å². The topological polar surface area (TPSA) is 71.5 Å². The predicted molar refractivity (Wildman–Crippen MR) is 105 cm³/mol. The molecule has 1 N–H and O–H groups in total. The lowest BCUT2D eigenvalue weighted by molar-refractivity contribution is 0.00578. The van der Waals surface area contributed by atoms with Crippen molar-refractivity contribution in [2.24, 2.45) is 0 Å². The molecular formula is C19H29BN2O5. The van der Waals surface area contributed by atoms with E-state index in [1.54, 1.807) is 0 Å². The maximum Gasteiger partial charge on any atom is 0.494 e. The van der Waals surface area contributed by atoms with Gasteiger partial charge in [-0.25, -0.2) is 4.79 Å². The molecule has 7 nitrogen and oxygen atoms in total. The van der Waals surface area contributed by atoms with Gasteiger partial charge in [-0.3, -0.25) is 9.80 Å². The van der Waals surface area contributed by atoms with Crippen LogP contribution in [0.3, 0.4) is 0 Å². The second-order valence-corrected chi connectivity index (χ2v) is 8.07. The number of carboxylic acid groups (broad SMARTS) is 1. The Hall–Kier alpha value is -1.61.